The van der Waals surface area contributed by atoms with Crippen molar-refractivity contribution < 1.29 is 14.3 Å². The van der Waals surface area contributed by atoms with Crippen LogP contribution in [0.1, 0.15) is 23.6 Å². The summed E-state index contributed by atoms with van der Waals surface area (Å²) in [4.78, 5) is 28.2. The van der Waals surface area contributed by atoms with E-state index in [1.54, 1.807) is 36.4 Å². The van der Waals surface area contributed by atoms with E-state index in [1.165, 1.54) is 4.90 Å². The number of hydrogen-bond acceptors (Lipinski definition) is 4. The number of nitrogens with zero attached hydrogens (tertiary/aromatic N) is 1. The highest BCUT2D eigenvalue weighted by Gasteiger charge is 2.40. The third-order valence-electron chi connectivity index (χ3n) is 5.36. The number of rotatable bonds is 6. The van der Waals surface area contributed by atoms with E-state index in [9.17, 15) is 9.59 Å². The van der Waals surface area contributed by atoms with Crippen molar-refractivity contribution >= 4 is 40.4 Å². The molecule has 0 aliphatic carbocycles. The molecule has 1 N–H and O–H groups in total. The highest BCUT2D eigenvalue weighted by molar-refractivity contribution is 6.46. The quantitative estimate of drug-likeness (QED) is 0.489. The average Bonchev–Trinajstić information content (AvgIpc) is 3.02. The monoisotopic (exact) mass is 446 g/mol. The maximum Gasteiger partial charge on any atom is 0.282 e. The minimum atomic E-state index is -0.422. The van der Waals surface area contributed by atoms with Crippen LogP contribution >= 0.6 is 11.6 Å². The Morgan fingerprint density at radius 1 is 0.906 bits per heavy atom. The van der Waals surface area contributed by atoms with Gasteiger partial charge >= 0.3 is 0 Å². The van der Waals surface area contributed by atoms with E-state index >= 15 is 0 Å². The van der Waals surface area contributed by atoms with Crippen molar-refractivity contribution in [1.29, 1.82) is 0 Å². The molecule has 0 atom stereocenters. The Bertz CT molecular complexity index is 1210. The van der Waals surface area contributed by atoms with Crippen molar-refractivity contribution in [2.24, 2.45) is 0 Å². The molecular formula is C26H23ClN2O3. The van der Waals surface area contributed by atoms with Gasteiger partial charge in [0.25, 0.3) is 11.8 Å². The van der Waals surface area contributed by atoms with Crippen LogP contribution in [0.5, 0.6) is 5.75 Å². The average molecular weight is 447 g/mol. The van der Waals surface area contributed by atoms with Crippen LogP contribution in [0.2, 0.25) is 5.02 Å². The summed E-state index contributed by atoms with van der Waals surface area (Å²) in [5.41, 5.74) is 4.23. The lowest BCUT2D eigenvalue weighted by Gasteiger charge is -2.16. The van der Waals surface area contributed by atoms with Gasteiger partial charge in [-0.15, -0.1) is 0 Å². The highest BCUT2D eigenvalue weighted by atomic mass is 35.5. The summed E-state index contributed by atoms with van der Waals surface area (Å²) in [7, 11) is 0. The first-order valence-corrected chi connectivity index (χ1v) is 10.7. The molecule has 0 fully saturated rings. The maximum absolute atomic E-state index is 13.5. The third kappa shape index (κ3) is 3.99. The van der Waals surface area contributed by atoms with Gasteiger partial charge in [0.1, 0.15) is 11.4 Å². The molecular weight excluding hydrogens is 424 g/mol. The summed E-state index contributed by atoms with van der Waals surface area (Å²) >= 11 is 6.27. The van der Waals surface area contributed by atoms with Crippen molar-refractivity contribution in [2.45, 2.75) is 20.8 Å². The number of benzene rings is 3. The number of hydrogen-bond donors (Lipinski definition) is 1. The Morgan fingerprint density at radius 3 is 2.25 bits per heavy atom. The molecule has 1 aliphatic heterocycles. The number of nitrogens with one attached hydrogen (secondary N) is 1. The summed E-state index contributed by atoms with van der Waals surface area (Å²) in [6.07, 6.45) is 0. The number of imide groups is 1. The molecule has 0 saturated carbocycles. The molecule has 0 unspecified atom stereocenters. The van der Waals surface area contributed by atoms with Crippen LogP contribution in [0.4, 0.5) is 11.4 Å². The molecule has 4 rings (SSSR count). The van der Waals surface area contributed by atoms with Crippen LogP contribution in [0.3, 0.4) is 0 Å². The molecule has 1 aliphatic rings. The van der Waals surface area contributed by atoms with Crippen molar-refractivity contribution in [1.82, 2.24) is 0 Å². The predicted molar refractivity (Wildman–Crippen MR) is 128 cm³/mol. The standard InChI is InChI=1S/C26H23ClN2O3/c1-4-32-20-14-12-19(13-15-20)29-25(30)23(18-10-8-16(2)9-11-18)24(26(29)31)28-22-7-5-6-21(27)17(22)3/h5-15,28H,4H2,1-3H3. The minimum absolute atomic E-state index is 0.220. The number of halogens is 1. The molecule has 2 amide bonds. The number of carbonyl (C=O) groups is 2. The summed E-state index contributed by atoms with van der Waals surface area (Å²) in [6.45, 7) is 6.27. The van der Waals surface area contributed by atoms with Gasteiger partial charge in [0, 0.05) is 10.7 Å². The third-order valence-corrected chi connectivity index (χ3v) is 5.77. The summed E-state index contributed by atoms with van der Waals surface area (Å²) < 4.78 is 5.48. The highest BCUT2D eigenvalue weighted by Crippen LogP contribution is 2.35. The van der Waals surface area contributed by atoms with Gasteiger partial charge in [0.05, 0.1) is 17.9 Å². The Morgan fingerprint density at radius 2 is 1.59 bits per heavy atom. The number of aryl methyl sites for hydroxylation is 1. The first kappa shape index (κ1) is 21.7. The molecule has 6 heteroatoms. The SMILES string of the molecule is CCOc1ccc(N2C(=O)C(Nc3cccc(Cl)c3C)=C(c3ccc(C)cc3)C2=O)cc1. The van der Waals surface area contributed by atoms with E-state index in [0.717, 1.165) is 11.1 Å². The zero-order chi connectivity index (χ0) is 22.8. The topological polar surface area (TPSA) is 58.6 Å². The fraction of sp³-hybridized carbons (Fsp3) is 0.154. The number of amides is 2. The second kappa shape index (κ2) is 8.89. The zero-order valence-corrected chi connectivity index (χ0v) is 18.9. The van der Waals surface area contributed by atoms with Gasteiger partial charge in [-0.3, -0.25) is 9.59 Å². The molecule has 3 aromatic rings. The van der Waals surface area contributed by atoms with Gasteiger partial charge in [-0.1, -0.05) is 47.5 Å². The van der Waals surface area contributed by atoms with E-state index in [0.29, 0.717) is 39.9 Å². The molecule has 162 valence electrons. The van der Waals surface area contributed by atoms with E-state index in [-0.39, 0.29) is 11.6 Å². The van der Waals surface area contributed by atoms with Crippen LogP contribution in [0, 0.1) is 13.8 Å². The van der Waals surface area contributed by atoms with E-state index in [2.05, 4.69) is 5.32 Å². The van der Waals surface area contributed by atoms with Crippen molar-refractivity contribution in [3.63, 3.8) is 0 Å². The van der Waals surface area contributed by atoms with Gasteiger partial charge in [-0.05, 0) is 68.3 Å². The molecule has 0 aromatic heterocycles. The maximum atomic E-state index is 13.5. The zero-order valence-electron chi connectivity index (χ0n) is 18.1. The van der Waals surface area contributed by atoms with Crippen LogP contribution < -0.4 is 15.0 Å². The minimum Gasteiger partial charge on any atom is -0.494 e. The van der Waals surface area contributed by atoms with Crippen molar-refractivity contribution in [3.8, 4) is 5.75 Å². The fourth-order valence-corrected chi connectivity index (χ4v) is 3.78. The van der Waals surface area contributed by atoms with E-state index in [1.807, 2.05) is 51.1 Å². The van der Waals surface area contributed by atoms with Gasteiger partial charge in [-0.2, -0.15) is 0 Å². The van der Waals surface area contributed by atoms with Gasteiger partial charge in [-0.25, -0.2) is 4.90 Å². The molecule has 5 nitrogen and oxygen atoms in total. The van der Waals surface area contributed by atoms with Gasteiger partial charge in [0.15, 0.2) is 0 Å². The normalized spacial score (nSPS) is 13.7. The van der Waals surface area contributed by atoms with Gasteiger partial charge in [0.2, 0.25) is 0 Å². The summed E-state index contributed by atoms with van der Waals surface area (Å²) in [5, 5.41) is 3.76. The Labute approximate surface area is 192 Å². The lowest BCUT2D eigenvalue weighted by Crippen LogP contribution is -2.32. The molecule has 0 saturated heterocycles. The van der Waals surface area contributed by atoms with E-state index < -0.39 is 5.91 Å². The smallest absolute Gasteiger partial charge is 0.282 e. The van der Waals surface area contributed by atoms with Crippen LogP contribution in [0.25, 0.3) is 5.57 Å². The fourth-order valence-electron chi connectivity index (χ4n) is 3.60. The van der Waals surface area contributed by atoms with Crippen LogP contribution in [-0.4, -0.2) is 18.4 Å². The molecule has 1 heterocycles. The van der Waals surface area contributed by atoms with E-state index in [4.69, 9.17) is 16.3 Å². The molecule has 0 bridgehead atoms. The lowest BCUT2D eigenvalue weighted by molar-refractivity contribution is -0.120. The summed E-state index contributed by atoms with van der Waals surface area (Å²) in [5.74, 6) is -0.130. The van der Waals surface area contributed by atoms with Crippen LogP contribution in [-0.2, 0) is 9.59 Å². The number of anilines is 2. The Kier molecular flexibility index (Phi) is 6.01. The number of carbonyl (C=O) groups excluding carboxylic acids is 2. The molecule has 3 aromatic carbocycles. The lowest BCUT2D eigenvalue weighted by atomic mass is 10.0. The Hall–Kier alpha value is -3.57. The predicted octanol–water partition coefficient (Wildman–Crippen LogP) is 5.75. The van der Waals surface area contributed by atoms with Crippen LogP contribution in [0.15, 0.2) is 72.4 Å². The molecule has 0 radical (unpaired) electrons. The van der Waals surface area contributed by atoms with Crippen molar-refractivity contribution in [2.75, 3.05) is 16.8 Å². The van der Waals surface area contributed by atoms with Crippen molar-refractivity contribution in [3.05, 3.63) is 94.1 Å². The molecule has 0 spiro atoms. The summed E-state index contributed by atoms with van der Waals surface area (Å²) in [6, 6.07) is 19.9. The molecule has 32 heavy (non-hydrogen) atoms. The second-order valence-corrected chi connectivity index (χ2v) is 7.93. The number of ether oxygens (including phenoxy) is 1. The first-order chi connectivity index (χ1) is 15.4. The second-order valence-electron chi connectivity index (χ2n) is 7.53. The largest absolute Gasteiger partial charge is 0.494 e. The Balaban J connectivity index is 1.79. The van der Waals surface area contributed by atoms with Gasteiger partial charge < -0.3 is 10.1 Å². The first-order valence-electron chi connectivity index (χ1n) is 10.4.